The van der Waals surface area contributed by atoms with Gasteiger partial charge in [-0.05, 0) is 19.9 Å². The number of carbonyl (C=O) groups excluding carboxylic acids is 1. The summed E-state index contributed by atoms with van der Waals surface area (Å²) in [7, 11) is 0. The number of carboxylic acid groups (broad SMARTS) is 1. The Balaban J connectivity index is 0.00000900. The Morgan fingerprint density at radius 2 is 1.35 bits per heavy atom. The van der Waals surface area contributed by atoms with E-state index in [1.165, 1.54) is 77.0 Å². The molecule has 182 valence electrons. The van der Waals surface area contributed by atoms with E-state index in [1.54, 1.807) is 19.4 Å². The van der Waals surface area contributed by atoms with Gasteiger partial charge in [0.05, 0.1) is 17.8 Å². The van der Waals surface area contributed by atoms with Crippen LogP contribution in [0.4, 0.5) is 0 Å². The second-order valence-corrected chi connectivity index (χ2v) is 9.53. The molecule has 1 aromatic rings. The summed E-state index contributed by atoms with van der Waals surface area (Å²) in [5.74, 6) is -1.08. The minimum absolute atomic E-state index is 0. The van der Waals surface area contributed by atoms with Crippen LogP contribution in [0.3, 0.4) is 0 Å². The standard InChI is InChI=1S/C25H47N3O2.H3N/c1-5-6-7-8-9-10-11-12-13-14-15-16-17-18-19-28-25(4,23(29)30)24(2,3)22-20-26-21-27-22;/h20-21,28H,5-19H2,1-4H3,(H,26,27)(H,29,30);1H3/t25-;/m1./s1. The van der Waals surface area contributed by atoms with E-state index in [9.17, 15) is 9.90 Å². The minimum Gasteiger partial charge on any atom is -0.548 e. The van der Waals surface area contributed by atoms with Crippen LogP contribution in [0.5, 0.6) is 0 Å². The number of aliphatic carboxylic acids is 1. The first-order valence-corrected chi connectivity index (χ1v) is 12.3. The van der Waals surface area contributed by atoms with Crippen LogP contribution in [0.25, 0.3) is 0 Å². The summed E-state index contributed by atoms with van der Waals surface area (Å²) in [5.41, 5.74) is -1.02. The number of aromatic nitrogens is 2. The summed E-state index contributed by atoms with van der Waals surface area (Å²) in [6.07, 6.45) is 21.7. The van der Waals surface area contributed by atoms with Gasteiger partial charge >= 0.3 is 0 Å². The molecule has 0 amide bonds. The SMILES string of the molecule is CCCCCCCCCCCCCCCCN[C@](C)(C(=O)[O-])C(C)(C)c1cnc[nH]1.[NH4+]. The maximum absolute atomic E-state index is 11.9. The van der Waals surface area contributed by atoms with Gasteiger partial charge in [-0.1, -0.05) is 104 Å². The van der Waals surface area contributed by atoms with Gasteiger partial charge in [-0.3, -0.25) is 0 Å². The molecule has 31 heavy (non-hydrogen) atoms. The third-order valence-corrected chi connectivity index (χ3v) is 6.84. The zero-order chi connectivity index (χ0) is 22.3. The second-order valence-electron chi connectivity index (χ2n) is 9.53. The van der Waals surface area contributed by atoms with Crippen LogP contribution in [0.1, 0.15) is 123 Å². The molecule has 6 N–H and O–H groups in total. The molecule has 0 unspecified atom stereocenters. The Morgan fingerprint density at radius 3 is 1.74 bits per heavy atom. The normalized spacial score (nSPS) is 13.5. The average molecular weight is 439 g/mol. The van der Waals surface area contributed by atoms with Crippen molar-refractivity contribution in [2.24, 2.45) is 0 Å². The molecule has 1 atom stereocenters. The van der Waals surface area contributed by atoms with E-state index >= 15 is 0 Å². The first-order chi connectivity index (χ1) is 14.4. The summed E-state index contributed by atoms with van der Waals surface area (Å²) in [5, 5.41) is 15.2. The van der Waals surface area contributed by atoms with Gasteiger partial charge in [0.1, 0.15) is 0 Å². The van der Waals surface area contributed by atoms with Gasteiger partial charge in [-0.2, -0.15) is 0 Å². The van der Waals surface area contributed by atoms with Crippen LogP contribution in [-0.2, 0) is 10.2 Å². The van der Waals surface area contributed by atoms with Crippen molar-refractivity contribution in [2.75, 3.05) is 6.54 Å². The zero-order valence-electron chi connectivity index (χ0n) is 21.0. The van der Waals surface area contributed by atoms with Gasteiger partial charge in [0.25, 0.3) is 0 Å². The molecule has 0 saturated carbocycles. The number of hydrogen-bond donors (Lipinski definition) is 3. The number of aromatic amines is 1. The van der Waals surface area contributed by atoms with Crippen LogP contribution in [0.2, 0.25) is 0 Å². The third kappa shape index (κ3) is 10.2. The summed E-state index contributed by atoms with van der Waals surface area (Å²) >= 11 is 0. The molecular weight excluding hydrogens is 388 g/mol. The third-order valence-electron chi connectivity index (χ3n) is 6.84. The molecule has 0 radical (unpaired) electrons. The molecule has 6 heteroatoms. The van der Waals surface area contributed by atoms with E-state index in [-0.39, 0.29) is 6.15 Å². The fourth-order valence-corrected chi connectivity index (χ4v) is 4.07. The van der Waals surface area contributed by atoms with Gasteiger partial charge in [-0.25, -0.2) is 4.98 Å². The van der Waals surface area contributed by atoms with E-state index in [0.717, 1.165) is 18.5 Å². The monoisotopic (exact) mass is 438 g/mol. The second kappa shape index (κ2) is 16.3. The largest absolute Gasteiger partial charge is 0.548 e. The van der Waals surface area contributed by atoms with E-state index in [4.69, 9.17) is 0 Å². The Kier molecular flexibility index (Phi) is 15.5. The van der Waals surface area contributed by atoms with Crippen molar-refractivity contribution in [3.05, 3.63) is 18.2 Å². The van der Waals surface area contributed by atoms with Crippen molar-refractivity contribution in [3.63, 3.8) is 0 Å². The highest BCUT2D eigenvalue weighted by molar-refractivity contribution is 5.78. The van der Waals surface area contributed by atoms with Crippen molar-refractivity contribution in [2.45, 2.75) is 129 Å². The minimum atomic E-state index is -1.16. The summed E-state index contributed by atoms with van der Waals surface area (Å²) in [6.45, 7) is 8.49. The van der Waals surface area contributed by atoms with Crippen molar-refractivity contribution in [3.8, 4) is 0 Å². The van der Waals surface area contributed by atoms with Crippen LogP contribution in [-0.4, -0.2) is 28.0 Å². The van der Waals surface area contributed by atoms with Crippen molar-refractivity contribution in [1.82, 2.24) is 21.4 Å². The highest BCUT2D eigenvalue weighted by Gasteiger charge is 2.44. The van der Waals surface area contributed by atoms with Crippen LogP contribution < -0.4 is 16.6 Å². The molecule has 1 aromatic heterocycles. The summed E-state index contributed by atoms with van der Waals surface area (Å²) in [4.78, 5) is 19.0. The van der Waals surface area contributed by atoms with E-state index in [1.807, 2.05) is 13.8 Å². The van der Waals surface area contributed by atoms with Gasteiger partial charge in [-0.15, -0.1) is 0 Å². The van der Waals surface area contributed by atoms with Gasteiger partial charge in [0, 0.05) is 17.3 Å². The number of H-pyrrole nitrogens is 1. The number of hydrogen-bond acceptors (Lipinski definition) is 4. The number of unbranched alkanes of at least 4 members (excludes halogenated alkanes) is 13. The number of nitrogens with zero attached hydrogens (tertiary/aromatic N) is 1. The van der Waals surface area contributed by atoms with E-state index < -0.39 is 16.9 Å². The van der Waals surface area contributed by atoms with Gasteiger partial charge in [0.2, 0.25) is 0 Å². The molecule has 0 saturated heterocycles. The molecule has 1 rings (SSSR count). The topological polar surface area (TPSA) is 117 Å². The number of nitrogens with one attached hydrogen (secondary N) is 2. The molecule has 0 aliphatic carbocycles. The predicted molar refractivity (Wildman–Crippen MR) is 129 cm³/mol. The lowest BCUT2D eigenvalue weighted by Gasteiger charge is -2.45. The Morgan fingerprint density at radius 1 is 0.903 bits per heavy atom. The molecular formula is C25H50N4O2. The summed E-state index contributed by atoms with van der Waals surface area (Å²) in [6, 6.07) is 0. The number of carboxylic acids is 1. The fourth-order valence-electron chi connectivity index (χ4n) is 4.07. The summed E-state index contributed by atoms with van der Waals surface area (Å²) < 4.78 is 0. The number of carbonyl (C=O) groups is 1. The highest BCUT2D eigenvalue weighted by atomic mass is 16.4. The maximum Gasteiger partial charge on any atom is 0.0921 e. The maximum atomic E-state index is 11.9. The number of quaternary nitrogens is 1. The van der Waals surface area contributed by atoms with Crippen LogP contribution in [0, 0.1) is 0 Å². The lowest BCUT2D eigenvalue weighted by molar-refractivity contribution is -0.316. The molecule has 0 aromatic carbocycles. The Bertz CT molecular complexity index is 560. The molecule has 6 nitrogen and oxygen atoms in total. The number of rotatable bonds is 19. The highest BCUT2D eigenvalue weighted by Crippen LogP contribution is 2.33. The van der Waals surface area contributed by atoms with E-state index in [0.29, 0.717) is 6.54 Å². The van der Waals surface area contributed by atoms with Crippen molar-refractivity contribution < 1.29 is 9.90 Å². The first-order valence-electron chi connectivity index (χ1n) is 12.3. The van der Waals surface area contributed by atoms with Gasteiger partial charge in [0.15, 0.2) is 0 Å². The number of imidazole rings is 1. The first kappa shape index (κ1) is 29.6. The molecule has 0 bridgehead atoms. The fraction of sp³-hybridized carbons (Fsp3) is 0.840. The average Bonchev–Trinajstić information content (AvgIpc) is 3.26. The lowest BCUT2D eigenvalue weighted by Crippen LogP contribution is -2.66. The predicted octanol–water partition coefficient (Wildman–Crippen LogP) is 5.64. The molecule has 1 heterocycles. The Hall–Kier alpha value is -1.40. The Labute approximate surface area is 191 Å². The van der Waals surface area contributed by atoms with Crippen molar-refractivity contribution >= 4 is 5.97 Å². The van der Waals surface area contributed by atoms with Crippen molar-refractivity contribution in [1.29, 1.82) is 0 Å². The van der Waals surface area contributed by atoms with Gasteiger partial charge < -0.3 is 26.4 Å². The molecule has 0 fully saturated rings. The molecule has 0 aliphatic rings. The smallest absolute Gasteiger partial charge is 0.0921 e. The van der Waals surface area contributed by atoms with Crippen LogP contribution >= 0.6 is 0 Å². The quantitative estimate of drug-likeness (QED) is 0.242. The zero-order valence-corrected chi connectivity index (χ0v) is 21.0. The van der Waals surface area contributed by atoms with Crippen LogP contribution in [0.15, 0.2) is 12.5 Å². The molecule has 0 spiro atoms. The lowest BCUT2D eigenvalue weighted by atomic mass is 9.71. The molecule has 0 aliphatic heterocycles. The van der Waals surface area contributed by atoms with E-state index in [2.05, 4.69) is 22.2 Å².